The number of nitrogens with zero attached hydrogens (tertiary/aromatic N) is 4. The molecule has 4 amide bonds. The zero-order chi connectivity index (χ0) is 19.7. The number of amides is 4. The van der Waals surface area contributed by atoms with Gasteiger partial charge < -0.3 is 9.88 Å². The molecule has 1 aromatic carbocycles. The van der Waals surface area contributed by atoms with Crippen LogP contribution in [0.4, 0.5) is 4.79 Å². The molecule has 1 saturated heterocycles. The summed E-state index contributed by atoms with van der Waals surface area (Å²) in [6.07, 6.45) is 4.19. The summed E-state index contributed by atoms with van der Waals surface area (Å²) in [7, 11) is 0. The molecule has 2 aliphatic rings. The molecule has 2 heterocycles. The Labute approximate surface area is 165 Å². The van der Waals surface area contributed by atoms with Gasteiger partial charge in [0, 0.05) is 6.04 Å². The number of hydrazine groups is 1. The fraction of sp³-hybridized carbons (Fsp3) is 0.389. The van der Waals surface area contributed by atoms with Crippen LogP contribution in [0.3, 0.4) is 0 Å². The molecule has 2 N–H and O–H groups in total. The normalized spacial score (nSPS) is 21.7. The number of rotatable bonds is 7. The van der Waals surface area contributed by atoms with Gasteiger partial charge in [0.25, 0.3) is 5.91 Å². The van der Waals surface area contributed by atoms with E-state index in [-0.39, 0.29) is 5.75 Å². The van der Waals surface area contributed by atoms with Crippen molar-refractivity contribution in [2.75, 3.05) is 5.75 Å². The van der Waals surface area contributed by atoms with E-state index in [1.54, 1.807) is 30.6 Å². The maximum Gasteiger partial charge on any atom is 0.344 e. The van der Waals surface area contributed by atoms with Gasteiger partial charge in [0.2, 0.25) is 5.91 Å². The lowest BCUT2D eigenvalue weighted by Gasteiger charge is -2.25. The number of aromatic nitrogens is 3. The second-order valence-electron chi connectivity index (χ2n) is 6.77. The van der Waals surface area contributed by atoms with Crippen LogP contribution < -0.4 is 10.7 Å². The first-order chi connectivity index (χ1) is 13.5. The van der Waals surface area contributed by atoms with E-state index in [0.29, 0.717) is 23.2 Å². The van der Waals surface area contributed by atoms with E-state index in [9.17, 15) is 14.4 Å². The Morgan fingerprint density at radius 1 is 1.32 bits per heavy atom. The molecule has 1 aliphatic carbocycles. The highest BCUT2D eigenvalue weighted by molar-refractivity contribution is 7.99. The molecule has 28 heavy (non-hydrogen) atoms. The van der Waals surface area contributed by atoms with E-state index in [0.717, 1.165) is 17.9 Å². The fourth-order valence-electron chi connectivity index (χ4n) is 3.26. The van der Waals surface area contributed by atoms with Gasteiger partial charge in [0.15, 0.2) is 5.16 Å². The first kappa shape index (κ1) is 18.5. The minimum Gasteiger partial charge on any atom is -0.318 e. The van der Waals surface area contributed by atoms with Crippen LogP contribution in [0.2, 0.25) is 0 Å². The number of imide groups is 1. The zero-order valence-corrected chi connectivity index (χ0v) is 16.1. The minimum atomic E-state index is -1.18. The number of nitrogens with one attached hydrogen (secondary N) is 2. The van der Waals surface area contributed by atoms with Crippen molar-refractivity contribution < 1.29 is 14.4 Å². The third kappa shape index (κ3) is 3.24. The van der Waals surface area contributed by atoms with Crippen LogP contribution in [0.5, 0.6) is 0 Å². The second-order valence-corrected chi connectivity index (χ2v) is 7.71. The first-order valence-electron chi connectivity index (χ1n) is 9.09. The molecule has 0 radical (unpaired) electrons. The van der Waals surface area contributed by atoms with Gasteiger partial charge >= 0.3 is 6.03 Å². The Bertz CT molecular complexity index is 913. The summed E-state index contributed by atoms with van der Waals surface area (Å²) >= 11 is 1.23. The van der Waals surface area contributed by atoms with Gasteiger partial charge in [-0.2, -0.15) is 5.01 Å². The van der Waals surface area contributed by atoms with Crippen molar-refractivity contribution in [2.24, 2.45) is 0 Å². The smallest absolute Gasteiger partial charge is 0.318 e. The van der Waals surface area contributed by atoms with Gasteiger partial charge in [-0.25, -0.2) is 4.79 Å². The van der Waals surface area contributed by atoms with Gasteiger partial charge in [-0.1, -0.05) is 49.0 Å². The van der Waals surface area contributed by atoms with Crippen molar-refractivity contribution in [2.45, 2.75) is 42.9 Å². The van der Waals surface area contributed by atoms with Crippen molar-refractivity contribution in [3.8, 4) is 0 Å². The van der Waals surface area contributed by atoms with E-state index in [2.05, 4.69) is 20.9 Å². The van der Waals surface area contributed by atoms with Crippen LogP contribution in [-0.2, 0) is 15.1 Å². The Morgan fingerprint density at radius 3 is 2.75 bits per heavy atom. The van der Waals surface area contributed by atoms with Gasteiger partial charge in [-0.3, -0.25) is 15.0 Å². The molecular weight excluding hydrogens is 380 g/mol. The van der Waals surface area contributed by atoms with Crippen molar-refractivity contribution >= 4 is 29.6 Å². The number of carbonyl (C=O) groups excluding carboxylic acids is 3. The summed E-state index contributed by atoms with van der Waals surface area (Å²) in [5.41, 5.74) is 1.92. The number of hydrogen-bond acceptors (Lipinski definition) is 6. The summed E-state index contributed by atoms with van der Waals surface area (Å²) < 4.78 is 1.95. The molecule has 0 spiro atoms. The average molecular weight is 400 g/mol. The van der Waals surface area contributed by atoms with E-state index >= 15 is 0 Å². The molecule has 146 valence electrons. The maximum atomic E-state index is 13.0. The predicted molar refractivity (Wildman–Crippen MR) is 101 cm³/mol. The van der Waals surface area contributed by atoms with Crippen molar-refractivity contribution in [3.63, 3.8) is 0 Å². The first-order valence-corrected chi connectivity index (χ1v) is 10.1. The Kier molecular flexibility index (Phi) is 4.80. The number of carbonyl (C=O) groups is 3. The predicted octanol–water partition coefficient (Wildman–Crippen LogP) is 1.59. The summed E-state index contributed by atoms with van der Waals surface area (Å²) in [5, 5.41) is 12.1. The average Bonchev–Trinajstić information content (AvgIpc) is 3.40. The van der Waals surface area contributed by atoms with Gasteiger partial charge in [0.1, 0.15) is 11.9 Å². The van der Waals surface area contributed by atoms with Crippen LogP contribution in [0.25, 0.3) is 0 Å². The van der Waals surface area contributed by atoms with Gasteiger partial charge in [-0.05, 0) is 24.8 Å². The molecule has 0 bridgehead atoms. The summed E-state index contributed by atoms with van der Waals surface area (Å²) in [4.78, 5) is 37.7. The van der Waals surface area contributed by atoms with Gasteiger partial charge in [0.05, 0.1) is 5.75 Å². The maximum absolute atomic E-state index is 13.0. The third-order valence-electron chi connectivity index (χ3n) is 4.94. The molecule has 2 aromatic rings. The van der Waals surface area contributed by atoms with E-state index in [4.69, 9.17) is 0 Å². The Hall–Kier alpha value is -2.88. The minimum absolute atomic E-state index is 0.0208. The second kappa shape index (κ2) is 7.27. The molecule has 9 nitrogen and oxygen atoms in total. The zero-order valence-electron chi connectivity index (χ0n) is 15.3. The molecule has 1 atom stereocenters. The molecule has 10 heteroatoms. The molecule has 1 unspecified atom stereocenters. The number of urea groups is 1. The number of thioether (sulfide) groups is 1. The van der Waals surface area contributed by atoms with E-state index < -0.39 is 23.4 Å². The lowest BCUT2D eigenvalue weighted by molar-refractivity contribution is -0.138. The lowest BCUT2D eigenvalue weighted by Crippen LogP contribution is -2.49. The summed E-state index contributed by atoms with van der Waals surface area (Å²) in [6, 6.07) is 8.78. The molecule has 1 aliphatic heterocycles. The van der Waals surface area contributed by atoms with Crippen LogP contribution in [0.1, 0.15) is 37.8 Å². The highest BCUT2D eigenvalue weighted by Crippen LogP contribution is 2.37. The Morgan fingerprint density at radius 2 is 2.07 bits per heavy atom. The van der Waals surface area contributed by atoms with Crippen molar-refractivity contribution in [1.29, 1.82) is 0 Å². The molecule has 1 aromatic heterocycles. The molecule has 4 rings (SSSR count). The van der Waals surface area contributed by atoms with Crippen molar-refractivity contribution in [1.82, 2.24) is 30.5 Å². The van der Waals surface area contributed by atoms with Crippen LogP contribution in [0, 0.1) is 0 Å². The monoisotopic (exact) mass is 400 g/mol. The van der Waals surface area contributed by atoms with Crippen LogP contribution >= 0.6 is 11.8 Å². The standard InChI is InChI=1S/C18H20N6O3S/c1-2-18(12-6-4-3-5-7-12)15(26)24(16(27)20-18)22-14(25)10-28-17-21-19-11-23(17)13-8-9-13/h3-7,11,13H,2,8-10H2,1H3,(H,20,27)(H,22,25). The highest BCUT2D eigenvalue weighted by Gasteiger charge is 2.52. The molecular formula is C18H20N6O3S. The summed E-state index contributed by atoms with van der Waals surface area (Å²) in [5.74, 6) is -0.933. The lowest BCUT2D eigenvalue weighted by atomic mass is 9.87. The third-order valence-corrected chi connectivity index (χ3v) is 5.90. The highest BCUT2D eigenvalue weighted by atomic mass is 32.2. The van der Waals surface area contributed by atoms with E-state index in [1.807, 2.05) is 17.6 Å². The molecule has 1 saturated carbocycles. The largest absolute Gasteiger partial charge is 0.344 e. The topological polar surface area (TPSA) is 109 Å². The quantitative estimate of drug-likeness (QED) is 0.540. The number of benzene rings is 1. The van der Waals surface area contributed by atoms with Gasteiger partial charge in [-0.15, -0.1) is 10.2 Å². The van der Waals surface area contributed by atoms with Crippen LogP contribution in [0.15, 0.2) is 41.8 Å². The van der Waals surface area contributed by atoms with E-state index in [1.165, 1.54) is 11.8 Å². The summed E-state index contributed by atoms with van der Waals surface area (Å²) in [6.45, 7) is 1.82. The van der Waals surface area contributed by atoms with Crippen LogP contribution in [-0.4, -0.2) is 43.4 Å². The SMILES string of the molecule is CCC1(c2ccccc2)NC(=O)N(NC(=O)CSc2nncn2C2CC2)C1=O. The number of hydrogen-bond donors (Lipinski definition) is 2. The Balaban J connectivity index is 1.42. The van der Waals surface area contributed by atoms with Crippen molar-refractivity contribution in [3.05, 3.63) is 42.2 Å². The fourth-order valence-corrected chi connectivity index (χ4v) is 4.04. The molecule has 2 fully saturated rings.